The number of alkyl halides is 3. The van der Waals surface area contributed by atoms with Crippen LogP contribution in [0.5, 0.6) is 0 Å². The molecule has 2 N–H and O–H groups in total. The zero-order valence-corrected chi connectivity index (χ0v) is 17.4. The molecule has 0 spiro atoms. The number of aromatic nitrogens is 3. The van der Waals surface area contributed by atoms with Crippen molar-refractivity contribution >= 4 is 11.6 Å². The molecule has 0 radical (unpaired) electrons. The summed E-state index contributed by atoms with van der Waals surface area (Å²) in [5, 5.41) is 7.86. The van der Waals surface area contributed by atoms with Gasteiger partial charge >= 0.3 is 6.18 Å². The van der Waals surface area contributed by atoms with Crippen LogP contribution in [-0.2, 0) is 12.6 Å². The number of hydrogen-bond acceptors (Lipinski definition) is 3. The molecule has 0 bridgehead atoms. The van der Waals surface area contributed by atoms with Gasteiger partial charge in [0.15, 0.2) is 0 Å². The van der Waals surface area contributed by atoms with Gasteiger partial charge in [0.2, 0.25) is 5.82 Å². The van der Waals surface area contributed by atoms with Crippen LogP contribution in [0.4, 0.5) is 13.2 Å². The third-order valence-corrected chi connectivity index (χ3v) is 6.20. The van der Waals surface area contributed by atoms with Crippen LogP contribution in [0.1, 0.15) is 59.1 Å². The number of benzene rings is 2. The topological polar surface area (TPSA) is 56.7 Å². The quantitative estimate of drug-likeness (QED) is 0.601. The second kappa shape index (κ2) is 7.71. The van der Waals surface area contributed by atoms with Crippen molar-refractivity contribution in [2.75, 3.05) is 6.54 Å². The van der Waals surface area contributed by atoms with E-state index in [2.05, 4.69) is 30.1 Å². The lowest BCUT2D eigenvalue weighted by Gasteiger charge is -2.24. The van der Waals surface area contributed by atoms with Crippen LogP contribution in [-0.4, -0.2) is 21.3 Å². The third-order valence-electron chi connectivity index (χ3n) is 5.96. The van der Waals surface area contributed by atoms with Crippen LogP contribution >= 0.6 is 11.6 Å². The Kier molecular flexibility index (Phi) is 5.36. The summed E-state index contributed by atoms with van der Waals surface area (Å²) in [6.07, 6.45) is -3.24. The number of rotatable bonds is 3. The van der Waals surface area contributed by atoms with Crippen molar-refractivity contribution < 1.29 is 13.2 Å². The van der Waals surface area contributed by atoms with Gasteiger partial charge in [-0.05, 0) is 60.2 Å². The number of nitrogens with zero attached hydrogens (tertiary/aromatic N) is 3. The fourth-order valence-corrected chi connectivity index (χ4v) is 4.65. The van der Waals surface area contributed by atoms with E-state index in [1.807, 2.05) is 12.1 Å². The van der Waals surface area contributed by atoms with Gasteiger partial charge in [0.05, 0.1) is 5.69 Å². The van der Waals surface area contributed by atoms with Crippen molar-refractivity contribution in [1.82, 2.24) is 14.8 Å². The fourth-order valence-electron chi connectivity index (χ4n) is 4.47. The molecule has 1 unspecified atom stereocenters. The highest BCUT2D eigenvalue weighted by molar-refractivity contribution is 6.30. The largest absolute Gasteiger partial charge is 0.452 e. The average molecular weight is 435 g/mol. The number of hydrogen-bond donors (Lipinski definition) is 1. The monoisotopic (exact) mass is 434 g/mol. The summed E-state index contributed by atoms with van der Waals surface area (Å²) in [6.45, 7) is 4.31. The average Bonchev–Trinajstić information content (AvgIpc) is 3.10. The highest BCUT2D eigenvalue weighted by Gasteiger charge is 2.42. The van der Waals surface area contributed by atoms with Crippen molar-refractivity contribution in [3.63, 3.8) is 0 Å². The number of nitrogens with two attached hydrogens (primary N) is 1. The van der Waals surface area contributed by atoms with E-state index in [1.54, 1.807) is 18.2 Å². The molecule has 0 fully saturated rings. The first-order valence-electron chi connectivity index (χ1n) is 9.87. The van der Waals surface area contributed by atoms with Crippen LogP contribution in [0.25, 0.3) is 5.69 Å². The minimum absolute atomic E-state index is 0.165. The molecule has 0 saturated heterocycles. The molecular formula is C22H22ClF3N4. The smallest absolute Gasteiger partial charge is 0.330 e. The summed E-state index contributed by atoms with van der Waals surface area (Å²) in [5.41, 5.74) is 10.6. The Labute approximate surface area is 177 Å². The highest BCUT2D eigenvalue weighted by atomic mass is 35.5. The maximum absolute atomic E-state index is 13.7. The van der Waals surface area contributed by atoms with E-state index in [0.717, 1.165) is 27.7 Å². The van der Waals surface area contributed by atoms with Crippen LogP contribution < -0.4 is 5.73 Å². The molecule has 2 aromatic carbocycles. The second-order valence-electron chi connectivity index (χ2n) is 7.62. The summed E-state index contributed by atoms with van der Waals surface area (Å²) in [4.78, 5) is 0. The maximum Gasteiger partial charge on any atom is 0.452 e. The molecule has 0 aliphatic carbocycles. The van der Waals surface area contributed by atoms with E-state index >= 15 is 0 Å². The Balaban J connectivity index is 2.02. The predicted octanol–water partition coefficient (Wildman–Crippen LogP) is 5.39. The van der Waals surface area contributed by atoms with Gasteiger partial charge in [-0.1, -0.05) is 36.7 Å². The predicted molar refractivity (Wildman–Crippen MR) is 110 cm³/mol. The second-order valence-corrected chi connectivity index (χ2v) is 8.06. The van der Waals surface area contributed by atoms with Crippen molar-refractivity contribution in [1.29, 1.82) is 0 Å². The molecule has 3 aromatic rings. The first-order valence-corrected chi connectivity index (χ1v) is 10.2. The molecule has 4 nitrogen and oxygen atoms in total. The Morgan fingerprint density at radius 3 is 2.60 bits per heavy atom. The van der Waals surface area contributed by atoms with E-state index in [4.69, 9.17) is 17.3 Å². The van der Waals surface area contributed by atoms with Gasteiger partial charge in [-0.25, -0.2) is 0 Å². The van der Waals surface area contributed by atoms with E-state index < -0.39 is 12.0 Å². The molecule has 8 heteroatoms. The molecule has 2 atom stereocenters. The number of fused-ring (bicyclic) bond motifs is 3. The minimum atomic E-state index is -4.64. The molecule has 1 aliphatic heterocycles. The highest BCUT2D eigenvalue weighted by Crippen LogP contribution is 2.45. The summed E-state index contributed by atoms with van der Waals surface area (Å²) in [5.74, 6) is -1.35. The molecule has 0 amide bonds. The Morgan fingerprint density at radius 1 is 1.17 bits per heavy atom. The van der Waals surface area contributed by atoms with Crippen LogP contribution in [0, 0.1) is 6.92 Å². The molecule has 4 rings (SSSR count). The Hall–Kier alpha value is -2.38. The zero-order chi connectivity index (χ0) is 21.6. The molecule has 1 aliphatic rings. The fraction of sp³-hybridized carbons (Fsp3) is 0.364. The molecular weight excluding hydrogens is 413 g/mol. The standard InChI is InChI=1S/C22H22ClF3N4/c1-3-13-5-4-6-16(12(13)2)17-9-14(11-27)20-28-29-21(22(24,25)26)30(20)19-8-7-15(23)10-18(17)19/h4-8,10,14,17H,3,9,11,27H2,1-2H3/t14-,17?/m1/s1. The Morgan fingerprint density at radius 2 is 1.93 bits per heavy atom. The summed E-state index contributed by atoms with van der Waals surface area (Å²) >= 11 is 6.29. The lowest BCUT2D eigenvalue weighted by atomic mass is 9.81. The third kappa shape index (κ3) is 3.40. The van der Waals surface area contributed by atoms with Gasteiger partial charge in [0, 0.05) is 23.4 Å². The van der Waals surface area contributed by atoms with Crippen LogP contribution in [0.3, 0.4) is 0 Å². The van der Waals surface area contributed by atoms with Crippen LogP contribution in [0.2, 0.25) is 5.02 Å². The maximum atomic E-state index is 13.7. The summed E-state index contributed by atoms with van der Waals surface area (Å²) in [6, 6.07) is 11.1. The SMILES string of the molecule is CCc1cccc(C2C[C@H](CN)c3nnc(C(F)(F)F)n3-c3ccc(Cl)cc32)c1C. The van der Waals surface area contributed by atoms with Gasteiger partial charge in [0.25, 0.3) is 0 Å². The van der Waals surface area contributed by atoms with E-state index in [0.29, 0.717) is 17.1 Å². The van der Waals surface area contributed by atoms with Gasteiger partial charge in [-0.15, -0.1) is 10.2 Å². The van der Waals surface area contributed by atoms with Gasteiger partial charge in [-0.2, -0.15) is 13.2 Å². The first kappa shape index (κ1) is 20.9. The first-order chi connectivity index (χ1) is 14.3. The van der Waals surface area contributed by atoms with Crippen molar-refractivity contribution in [2.24, 2.45) is 5.73 Å². The summed E-state index contributed by atoms with van der Waals surface area (Å²) in [7, 11) is 0. The number of halogens is 4. The van der Waals surface area contributed by atoms with E-state index in [-0.39, 0.29) is 24.2 Å². The zero-order valence-electron chi connectivity index (χ0n) is 16.7. The molecule has 2 heterocycles. The van der Waals surface area contributed by atoms with E-state index in [1.165, 1.54) is 5.56 Å². The van der Waals surface area contributed by atoms with Gasteiger partial charge in [-0.3, -0.25) is 4.57 Å². The van der Waals surface area contributed by atoms with Crippen molar-refractivity contribution in [3.05, 3.63) is 75.3 Å². The molecule has 30 heavy (non-hydrogen) atoms. The lowest BCUT2D eigenvalue weighted by molar-refractivity contribution is -0.146. The normalized spacial score (nSPS) is 18.6. The molecule has 158 valence electrons. The summed E-state index contributed by atoms with van der Waals surface area (Å²) < 4.78 is 42.4. The number of aryl methyl sites for hydroxylation is 1. The lowest BCUT2D eigenvalue weighted by Crippen LogP contribution is -2.19. The van der Waals surface area contributed by atoms with Gasteiger partial charge < -0.3 is 5.73 Å². The van der Waals surface area contributed by atoms with Gasteiger partial charge in [0.1, 0.15) is 5.82 Å². The molecule has 1 aromatic heterocycles. The van der Waals surface area contributed by atoms with E-state index in [9.17, 15) is 13.2 Å². The van der Waals surface area contributed by atoms with Crippen molar-refractivity contribution in [2.45, 2.75) is 44.7 Å². The minimum Gasteiger partial charge on any atom is -0.330 e. The van der Waals surface area contributed by atoms with Crippen LogP contribution in [0.15, 0.2) is 36.4 Å². The molecule has 0 saturated carbocycles. The Bertz CT molecular complexity index is 1090. The van der Waals surface area contributed by atoms with Crippen molar-refractivity contribution in [3.8, 4) is 5.69 Å².